The summed E-state index contributed by atoms with van der Waals surface area (Å²) in [5, 5.41) is 8.92. The molecule has 2 unspecified atom stereocenters. The highest BCUT2D eigenvalue weighted by Gasteiger charge is 2.39. The van der Waals surface area contributed by atoms with Crippen molar-refractivity contribution in [1.29, 1.82) is 0 Å². The zero-order valence-corrected chi connectivity index (χ0v) is 12.9. The van der Waals surface area contributed by atoms with E-state index in [1.54, 1.807) is 0 Å². The summed E-state index contributed by atoms with van der Waals surface area (Å²) < 4.78 is 27.1. The molecule has 2 atom stereocenters. The minimum Gasteiger partial charge on any atom is -0.478 e. The quantitative estimate of drug-likeness (QED) is 0.827. The Balaban J connectivity index is 2.47. The van der Waals surface area contributed by atoms with Crippen LogP contribution in [-0.4, -0.2) is 35.9 Å². The fraction of sp³-hybridized carbons (Fsp3) is 0.500. The number of carbonyl (C=O) groups is 1. The zero-order valence-electron chi connectivity index (χ0n) is 12.1. The summed E-state index contributed by atoms with van der Waals surface area (Å²) in [4.78, 5) is 10.9. The smallest absolute Gasteiger partial charge is 0.335 e. The molecule has 21 heavy (non-hydrogen) atoms. The van der Waals surface area contributed by atoms with Crippen LogP contribution in [0, 0.1) is 0 Å². The van der Waals surface area contributed by atoms with Crippen LogP contribution in [0.3, 0.4) is 0 Å². The third-order valence-electron chi connectivity index (χ3n) is 4.00. The Morgan fingerprint density at radius 1 is 1.43 bits per heavy atom. The lowest BCUT2D eigenvalue weighted by atomic mass is 10.2. The van der Waals surface area contributed by atoms with E-state index in [4.69, 9.17) is 10.8 Å². The molecule has 0 bridgehead atoms. The van der Waals surface area contributed by atoms with Gasteiger partial charge >= 0.3 is 5.97 Å². The maximum absolute atomic E-state index is 12.8. The number of nitrogen functional groups attached to an aromatic ring is 1. The van der Waals surface area contributed by atoms with E-state index >= 15 is 0 Å². The van der Waals surface area contributed by atoms with Crippen LogP contribution in [-0.2, 0) is 10.0 Å². The summed E-state index contributed by atoms with van der Waals surface area (Å²) in [6, 6.07) is 3.65. The second-order valence-electron chi connectivity index (χ2n) is 5.38. The highest BCUT2D eigenvalue weighted by atomic mass is 32.2. The third kappa shape index (κ3) is 2.75. The minimum absolute atomic E-state index is 0.0142. The molecule has 1 fully saturated rings. The average Bonchev–Trinajstić information content (AvgIpc) is 2.80. The number of nitrogens with two attached hydrogens (primary N) is 1. The van der Waals surface area contributed by atoms with Crippen LogP contribution < -0.4 is 5.73 Å². The van der Waals surface area contributed by atoms with Crippen LogP contribution in [0.2, 0.25) is 0 Å². The lowest BCUT2D eigenvalue weighted by Crippen LogP contribution is -2.39. The highest BCUT2D eigenvalue weighted by molar-refractivity contribution is 7.89. The molecule has 0 aromatic heterocycles. The second kappa shape index (κ2) is 5.65. The normalized spacial score (nSPS) is 23.3. The molecule has 3 N–H and O–H groups in total. The zero-order chi connectivity index (χ0) is 15.8. The number of benzene rings is 1. The Bertz CT molecular complexity index is 657. The third-order valence-corrected chi connectivity index (χ3v) is 6.14. The highest BCUT2D eigenvalue weighted by Crippen LogP contribution is 2.34. The molecule has 2 rings (SSSR count). The first kappa shape index (κ1) is 15.8. The number of carboxylic acids is 1. The van der Waals surface area contributed by atoms with Gasteiger partial charge in [-0.1, -0.05) is 6.92 Å². The van der Waals surface area contributed by atoms with E-state index in [9.17, 15) is 13.2 Å². The largest absolute Gasteiger partial charge is 0.478 e. The van der Waals surface area contributed by atoms with Crippen molar-refractivity contribution in [3.8, 4) is 0 Å². The van der Waals surface area contributed by atoms with E-state index in [2.05, 4.69) is 0 Å². The number of sulfonamides is 1. The first-order valence-electron chi connectivity index (χ1n) is 6.95. The van der Waals surface area contributed by atoms with Gasteiger partial charge in [-0.2, -0.15) is 4.31 Å². The van der Waals surface area contributed by atoms with Gasteiger partial charge in [0.25, 0.3) is 0 Å². The fourth-order valence-corrected chi connectivity index (χ4v) is 4.95. The number of hydrogen-bond acceptors (Lipinski definition) is 4. The van der Waals surface area contributed by atoms with Crippen LogP contribution in [0.15, 0.2) is 23.1 Å². The maximum Gasteiger partial charge on any atom is 0.335 e. The number of carboxylic acid groups (broad SMARTS) is 1. The van der Waals surface area contributed by atoms with Crippen LogP contribution >= 0.6 is 0 Å². The number of aromatic carboxylic acids is 1. The minimum atomic E-state index is -3.71. The van der Waals surface area contributed by atoms with Gasteiger partial charge in [-0.25, -0.2) is 13.2 Å². The van der Waals surface area contributed by atoms with E-state index in [-0.39, 0.29) is 28.2 Å². The van der Waals surface area contributed by atoms with E-state index in [0.717, 1.165) is 19.3 Å². The lowest BCUT2D eigenvalue weighted by Gasteiger charge is -2.27. The molecule has 0 spiro atoms. The molecule has 116 valence electrons. The van der Waals surface area contributed by atoms with Gasteiger partial charge < -0.3 is 10.8 Å². The number of hydrogen-bond donors (Lipinski definition) is 2. The van der Waals surface area contributed by atoms with Gasteiger partial charge in [0.15, 0.2) is 0 Å². The predicted octanol–water partition coefficient (Wildman–Crippen LogP) is 1.92. The van der Waals surface area contributed by atoms with Gasteiger partial charge in [-0.3, -0.25) is 0 Å². The van der Waals surface area contributed by atoms with E-state index in [1.165, 1.54) is 22.5 Å². The Labute approximate surface area is 124 Å². The van der Waals surface area contributed by atoms with Crippen molar-refractivity contribution in [3.63, 3.8) is 0 Å². The topological polar surface area (TPSA) is 101 Å². The monoisotopic (exact) mass is 312 g/mol. The van der Waals surface area contributed by atoms with Gasteiger partial charge in [0, 0.05) is 12.1 Å². The van der Waals surface area contributed by atoms with Gasteiger partial charge in [0.05, 0.1) is 11.3 Å². The van der Waals surface area contributed by atoms with Gasteiger partial charge in [0.1, 0.15) is 4.90 Å². The summed E-state index contributed by atoms with van der Waals surface area (Å²) in [6.07, 6.45) is 2.41. The molecule has 1 heterocycles. The van der Waals surface area contributed by atoms with E-state index < -0.39 is 16.0 Å². The molecular formula is C14H20N2O4S. The molecule has 1 aliphatic heterocycles. The van der Waals surface area contributed by atoms with Crippen molar-refractivity contribution in [2.75, 3.05) is 5.73 Å². The number of nitrogens with zero attached hydrogens (tertiary/aromatic N) is 1. The van der Waals surface area contributed by atoms with Crippen molar-refractivity contribution >= 4 is 21.7 Å². The van der Waals surface area contributed by atoms with Gasteiger partial charge in [0.2, 0.25) is 10.0 Å². The van der Waals surface area contributed by atoms with E-state index in [1.807, 2.05) is 13.8 Å². The molecule has 1 aromatic rings. The number of anilines is 1. The van der Waals surface area contributed by atoms with Crippen molar-refractivity contribution in [3.05, 3.63) is 23.8 Å². The Morgan fingerprint density at radius 2 is 2.10 bits per heavy atom. The SMILES string of the molecule is CCC1CCC(C)N1S(=O)(=O)c1ccc(C(=O)O)cc1N. The lowest BCUT2D eigenvalue weighted by molar-refractivity contribution is 0.0697. The van der Waals surface area contributed by atoms with Crippen LogP contribution in [0.25, 0.3) is 0 Å². The van der Waals surface area contributed by atoms with Crippen LogP contribution in [0.4, 0.5) is 5.69 Å². The molecule has 0 saturated carbocycles. The predicted molar refractivity (Wildman–Crippen MR) is 79.6 cm³/mol. The summed E-state index contributed by atoms with van der Waals surface area (Å²) in [6.45, 7) is 3.84. The Morgan fingerprint density at radius 3 is 2.62 bits per heavy atom. The van der Waals surface area contributed by atoms with Gasteiger partial charge in [-0.15, -0.1) is 0 Å². The molecule has 1 aliphatic rings. The Hall–Kier alpha value is -1.60. The molecular weight excluding hydrogens is 292 g/mol. The summed E-state index contributed by atoms with van der Waals surface area (Å²) in [7, 11) is -3.71. The standard InChI is InChI=1S/C14H20N2O4S/c1-3-11-6-4-9(2)16(11)21(19,20)13-7-5-10(14(17)18)8-12(13)15/h5,7-9,11H,3-4,6,15H2,1-2H3,(H,17,18). The molecule has 1 aromatic carbocycles. The van der Waals surface area contributed by atoms with Crippen molar-refractivity contribution in [2.24, 2.45) is 0 Å². The first-order valence-corrected chi connectivity index (χ1v) is 8.39. The number of rotatable bonds is 4. The Kier molecular flexibility index (Phi) is 4.25. The summed E-state index contributed by atoms with van der Waals surface area (Å²) >= 11 is 0. The molecule has 7 heteroatoms. The van der Waals surface area contributed by atoms with Crippen molar-refractivity contribution in [1.82, 2.24) is 4.31 Å². The second-order valence-corrected chi connectivity index (χ2v) is 7.19. The summed E-state index contributed by atoms with van der Waals surface area (Å²) in [5.74, 6) is -1.13. The van der Waals surface area contributed by atoms with Crippen molar-refractivity contribution in [2.45, 2.75) is 50.1 Å². The molecule has 0 amide bonds. The van der Waals surface area contributed by atoms with Crippen molar-refractivity contribution < 1.29 is 18.3 Å². The maximum atomic E-state index is 12.8. The summed E-state index contributed by atoms with van der Waals surface area (Å²) in [5.41, 5.74) is 5.73. The van der Waals surface area contributed by atoms with Gasteiger partial charge in [-0.05, 0) is 44.4 Å². The average molecular weight is 312 g/mol. The first-order chi connectivity index (χ1) is 9.78. The molecule has 0 aliphatic carbocycles. The van der Waals surface area contributed by atoms with E-state index in [0.29, 0.717) is 0 Å². The molecule has 6 nitrogen and oxygen atoms in total. The van der Waals surface area contributed by atoms with Crippen LogP contribution in [0.5, 0.6) is 0 Å². The molecule has 0 radical (unpaired) electrons. The fourth-order valence-electron chi connectivity index (χ4n) is 2.90. The van der Waals surface area contributed by atoms with Crippen LogP contribution in [0.1, 0.15) is 43.5 Å². The molecule has 1 saturated heterocycles.